The van der Waals surface area contributed by atoms with Crippen LogP contribution in [0.25, 0.3) is 6.08 Å². The van der Waals surface area contributed by atoms with Gasteiger partial charge in [-0.1, -0.05) is 24.3 Å². The molecule has 0 saturated carbocycles. The Morgan fingerprint density at radius 3 is 2.93 bits per heavy atom. The molecule has 1 heterocycles. The van der Waals surface area contributed by atoms with E-state index in [1.807, 2.05) is 48.7 Å². The van der Waals surface area contributed by atoms with Gasteiger partial charge in [-0.15, -0.1) is 0 Å². The first-order valence-electron chi connectivity index (χ1n) is 4.60. The first kappa shape index (κ1) is 8.75. The minimum Gasteiger partial charge on any atom is -0.399 e. The molecule has 2 N–H and O–H groups in total. The Kier molecular flexibility index (Phi) is 2.45. The lowest BCUT2D eigenvalue weighted by Gasteiger charge is -1.95. The Hall–Kier alpha value is -1.83. The molecule has 0 aromatic heterocycles. The van der Waals surface area contributed by atoms with Gasteiger partial charge < -0.3 is 5.73 Å². The summed E-state index contributed by atoms with van der Waals surface area (Å²) in [4.78, 5) is 4.19. The van der Waals surface area contributed by atoms with Gasteiger partial charge in [-0.2, -0.15) is 0 Å². The molecule has 0 unspecified atom stereocenters. The fraction of sp³-hybridized carbons (Fsp3) is 0.0833. The standard InChI is InChI=1S/C12H12N2/c13-11-4-1-3-10(9-11)6-7-12-5-2-8-14-12/h1-4,6-9H,5,13H2/b7-6+. The van der Waals surface area contributed by atoms with Crippen LogP contribution < -0.4 is 5.73 Å². The number of nitrogens with zero attached hydrogens (tertiary/aromatic N) is 1. The molecule has 1 aromatic rings. The van der Waals surface area contributed by atoms with Crippen molar-refractivity contribution in [2.24, 2.45) is 4.99 Å². The first-order valence-corrected chi connectivity index (χ1v) is 4.60. The van der Waals surface area contributed by atoms with E-state index < -0.39 is 0 Å². The Labute approximate surface area is 83.5 Å². The summed E-state index contributed by atoms with van der Waals surface area (Å²) < 4.78 is 0. The van der Waals surface area contributed by atoms with Crippen LogP contribution in [0.1, 0.15) is 12.0 Å². The second kappa shape index (κ2) is 3.92. The lowest BCUT2D eigenvalue weighted by atomic mass is 10.1. The van der Waals surface area contributed by atoms with E-state index in [0.717, 1.165) is 23.4 Å². The van der Waals surface area contributed by atoms with Gasteiger partial charge in [0.15, 0.2) is 0 Å². The molecule has 1 aliphatic heterocycles. The van der Waals surface area contributed by atoms with Crippen molar-refractivity contribution in [2.75, 3.05) is 5.73 Å². The highest BCUT2D eigenvalue weighted by Gasteiger charge is 1.95. The van der Waals surface area contributed by atoms with Crippen molar-refractivity contribution in [3.05, 3.63) is 48.2 Å². The van der Waals surface area contributed by atoms with E-state index in [-0.39, 0.29) is 0 Å². The summed E-state index contributed by atoms with van der Waals surface area (Å²) in [6.07, 6.45) is 8.85. The van der Waals surface area contributed by atoms with Crippen molar-refractivity contribution in [3.8, 4) is 0 Å². The van der Waals surface area contributed by atoms with E-state index in [2.05, 4.69) is 4.99 Å². The fourth-order valence-corrected chi connectivity index (χ4v) is 1.34. The number of hydrogen-bond acceptors (Lipinski definition) is 2. The highest BCUT2D eigenvalue weighted by molar-refractivity contribution is 6.00. The molecule has 1 aromatic carbocycles. The molecule has 2 heteroatoms. The van der Waals surface area contributed by atoms with Gasteiger partial charge in [0.2, 0.25) is 0 Å². The van der Waals surface area contributed by atoms with Gasteiger partial charge in [0.25, 0.3) is 0 Å². The van der Waals surface area contributed by atoms with Crippen molar-refractivity contribution < 1.29 is 0 Å². The monoisotopic (exact) mass is 184 g/mol. The molecule has 0 saturated heterocycles. The van der Waals surface area contributed by atoms with Crippen molar-refractivity contribution in [3.63, 3.8) is 0 Å². The number of hydrogen-bond donors (Lipinski definition) is 1. The average molecular weight is 184 g/mol. The van der Waals surface area contributed by atoms with Crippen molar-refractivity contribution in [1.82, 2.24) is 0 Å². The molecule has 2 nitrogen and oxygen atoms in total. The highest BCUT2D eigenvalue weighted by atomic mass is 14.7. The number of benzene rings is 1. The normalized spacial score (nSPS) is 15.0. The Morgan fingerprint density at radius 2 is 2.21 bits per heavy atom. The van der Waals surface area contributed by atoms with E-state index >= 15 is 0 Å². The Balaban J connectivity index is 2.10. The molecular formula is C12H12N2. The molecule has 0 amide bonds. The molecule has 14 heavy (non-hydrogen) atoms. The van der Waals surface area contributed by atoms with Crippen molar-refractivity contribution in [2.45, 2.75) is 6.42 Å². The van der Waals surface area contributed by atoms with Crippen LogP contribution in [0.4, 0.5) is 5.69 Å². The summed E-state index contributed by atoms with van der Waals surface area (Å²) in [6.45, 7) is 0. The molecule has 1 aliphatic rings. The maximum absolute atomic E-state index is 5.67. The van der Waals surface area contributed by atoms with Gasteiger partial charge in [-0.3, -0.25) is 4.99 Å². The molecule has 0 fully saturated rings. The zero-order chi connectivity index (χ0) is 9.80. The van der Waals surface area contributed by atoms with Crippen LogP contribution in [0.15, 0.2) is 47.6 Å². The van der Waals surface area contributed by atoms with Crippen molar-refractivity contribution >= 4 is 17.5 Å². The van der Waals surface area contributed by atoms with E-state index in [9.17, 15) is 0 Å². The number of allylic oxidation sites excluding steroid dienone is 2. The quantitative estimate of drug-likeness (QED) is 0.705. The summed E-state index contributed by atoms with van der Waals surface area (Å²) in [5.41, 5.74) is 8.66. The topological polar surface area (TPSA) is 38.4 Å². The van der Waals surface area contributed by atoms with Crippen LogP contribution in [0.3, 0.4) is 0 Å². The molecule has 70 valence electrons. The predicted octanol–water partition coefficient (Wildman–Crippen LogP) is 2.64. The van der Waals surface area contributed by atoms with Crippen LogP contribution in [0.5, 0.6) is 0 Å². The molecule has 0 bridgehead atoms. The number of nitrogen functional groups attached to an aromatic ring is 1. The third-order valence-corrected chi connectivity index (χ3v) is 2.05. The summed E-state index contributed by atoms with van der Waals surface area (Å²) in [5.74, 6) is 0. The van der Waals surface area contributed by atoms with Crippen LogP contribution in [0.2, 0.25) is 0 Å². The zero-order valence-corrected chi connectivity index (χ0v) is 7.85. The zero-order valence-electron chi connectivity index (χ0n) is 7.85. The number of anilines is 1. The average Bonchev–Trinajstić information content (AvgIpc) is 2.67. The third kappa shape index (κ3) is 2.10. The van der Waals surface area contributed by atoms with Crippen LogP contribution >= 0.6 is 0 Å². The second-order valence-corrected chi connectivity index (χ2v) is 3.21. The molecule has 0 aliphatic carbocycles. The van der Waals surface area contributed by atoms with Gasteiger partial charge in [0, 0.05) is 24.0 Å². The van der Waals surface area contributed by atoms with Gasteiger partial charge >= 0.3 is 0 Å². The predicted molar refractivity (Wildman–Crippen MR) is 61.1 cm³/mol. The molecule has 0 radical (unpaired) electrons. The van der Waals surface area contributed by atoms with Crippen LogP contribution in [-0.4, -0.2) is 5.71 Å². The molecule has 0 atom stereocenters. The van der Waals surface area contributed by atoms with Gasteiger partial charge in [-0.05, 0) is 23.8 Å². The number of nitrogens with two attached hydrogens (primary N) is 1. The third-order valence-electron chi connectivity index (χ3n) is 2.05. The maximum atomic E-state index is 5.67. The fourth-order valence-electron chi connectivity index (χ4n) is 1.34. The maximum Gasteiger partial charge on any atom is 0.0441 e. The Morgan fingerprint density at radius 1 is 1.29 bits per heavy atom. The molecular weight excluding hydrogens is 172 g/mol. The minimum absolute atomic E-state index is 0.790. The Bertz CT molecular complexity index is 414. The highest BCUT2D eigenvalue weighted by Crippen LogP contribution is 2.09. The lowest BCUT2D eigenvalue weighted by Crippen LogP contribution is -1.86. The summed E-state index contributed by atoms with van der Waals surface area (Å²) in [5, 5.41) is 0. The first-order chi connectivity index (χ1) is 6.84. The van der Waals surface area contributed by atoms with E-state index in [1.165, 1.54) is 0 Å². The second-order valence-electron chi connectivity index (χ2n) is 3.21. The SMILES string of the molecule is Nc1cccc(/C=C/C2=NC=CC2)c1. The lowest BCUT2D eigenvalue weighted by molar-refractivity contribution is 1.55. The van der Waals surface area contributed by atoms with Crippen LogP contribution in [-0.2, 0) is 0 Å². The molecule has 0 spiro atoms. The summed E-state index contributed by atoms with van der Waals surface area (Å²) in [7, 11) is 0. The van der Waals surface area contributed by atoms with Gasteiger partial charge in [0.05, 0.1) is 0 Å². The minimum atomic E-state index is 0.790. The molecule has 2 rings (SSSR count). The van der Waals surface area contributed by atoms with E-state index in [4.69, 9.17) is 5.73 Å². The number of aliphatic imine (C=N–C) groups is 1. The smallest absolute Gasteiger partial charge is 0.0441 e. The summed E-state index contributed by atoms with van der Waals surface area (Å²) in [6, 6.07) is 7.80. The summed E-state index contributed by atoms with van der Waals surface area (Å²) >= 11 is 0. The van der Waals surface area contributed by atoms with E-state index in [1.54, 1.807) is 0 Å². The van der Waals surface area contributed by atoms with Crippen LogP contribution in [0, 0.1) is 0 Å². The number of rotatable bonds is 2. The van der Waals surface area contributed by atoms with Gasteiger partial charge in [-0.25, -0.2) is 0 Å². The van der Waals surface area contributed by atoms with Crippen molar-refractivity contribution in [1.29, 1.82) is 0 Å². The van der Waals surface area contributed by atoms with Gasteiger partial charge in [0.1, 0.15) is 0 Å². The van der Waals surface area contributed by atoms with E-state index in [0.29, 0.717) is 0 Å². The largest absolute Gasteiger partial charge is 0.399 e.